The van der Waals surface area contributed by atoms with Crippen LogP contribution in [0, 0.1) is 0 Å². The molecular weight excluding hydrogens is 387 g/mol. The molecule has 5 nitrogen and oxygen atoms in total. The zero-order valence-electron chi connectivity index (χ0n) is 12.2. The third kappa shape index (κ3) is 7.78. The zero-order valence-corrected chi connectivity index (χ0v) is 15.3. The summed E-state index contributed by atoms with van der Waals surface area (Å²) in [7, 11) is 1.61. The molecule has 0 aliphatic heterocycles. The van der Waals surface area contributed by atoms with Crippen LogP contribution in [0.2, 0.25) is 0 Å². The Labute approximate surface area is 142 Å². The molecule has 1 heterocycles. The predicted octanol–water partition coefficient (Wildman–Crippen LogP) is 2.13. The standard InChI is InChI=1S/C13H22N4OS.HI/c1-4-14-13(16-7-8-19-3)17-10-11-5-6-15-12(9-11)18-2;/h5-6,9H,4,7-8,10H2,1-3H3,(H2,14,16,17);1H. The van der Waals surface area contributed by atoms with Crippen molar-refractivity contribution in [2.24, 2.45) is 4.99 Å². The highest BCUT2D eigenvalue weighted by Crippen LogP contribution is 2.09. The van der Waals surface area contributed by atoms with Crippen molar-refractivity contribution >= 4 is 41.7 Å². The van der Waals surface area contributed by atoms with Crippen LogP contribution >= 0.6 is 35.7 Å². The van der Waals surface area contributed by atoms with Crippen LogP contribution in [0.25, 0.3) is 0 Å². The smallest absolute Gasteiger partial charge is 0.213 e. The molecule has 0 spiro atoms. The summed E-state index contributed by atoms with van der Waals surface area (Å²) < 4.78 is 5.10. The normalized spacial score (nSPS) is 10.7. The summed E-state index contributed by atoms with van der Waals surface area (Å²) in [5.41, 5.74) is 1.08. The van der Waals surface area contributed by atoms with Gasteiger partial charge >= 0.3 is 0 Å². The summed E-state index contributed by atoms with van der Waals surface area (Å²) in [4.78, 5) is 8.61. The van der Waals surface area contributed by atoms with Crippen LogP contribution in [0.1, 0.15) is 12.5 Å². The molecule has 1 aromatic rings. The van der Waals surface area contributed by atoms with Gasteiger partial charge in [-0.1, -0.05) is 0 Å². The Hall–Kier alpha value is -0.700. The van der Waals surface area contributed by atoms with Crippen molar-refractivity contribution < 1.29 is 4.74 Å². The molecule has 7 heteroatoms. The number of aliphatic imine (C=N–C) groups is 1. The fourth-order valence-corrected chi connectivity index (χ4v) is 1.75. The highest BCUT2D eigenvalue weighted by Gasteiger charge is 1.99. The lowest BCUT2D eigenvalue weighted by atomic mass is 10.3. The lowest BCUT2D eigenvalue weighted by molar-refractivity contribution is 0.397. The van der Waals surface area contributed by atoms with Gasteiger partial charge in [0.05, 0.1) is 13.7 Å². The number of guanidine groups is 1. The third-order valence-corrected chi connectivity index (χ3v) is 2.98. The van der Waals surface area contributed by atoms with Crippen LogP contribution in [0.5, 0.6) is 5.88 Å². The molecule has 0 fully saturated rings. The molecule has 0 unspecified atom stereocenters. The molecule has 0 saturated heterocycles. The average molecular weight is 410 g/mol. The van der Waals surface area contributed by atoms with Crippen molar-refractivity contribution in [1.29, 1.82) is 0 Å². The SMILES string of the molecule is CCNC(=NCc1ccnc(OC)c1)NCCSC.I. The van der Waals surface area contributed by atoms with Gasteiger partial charge in [0.25, 0.3) is 0 Å². The fraction of sp³-hybridized carbons (Fsp3) is 0.538. The van der Waals surface area contributed by atoms with Crippen LogP contribution in [0.3, 0.4) is 0 Å². The van der Waals surface area contributed by atoms with Crippen LogP contribution < -0.4 is 15.4 Å². The van der Waals surface area contributed by atoms with E-state index in [4.69, 9.17) is 4.74 Å². The molecule has 0 aromatic carbocycles. The number of aromatic nitrogens is 1. The van der Waals surface area contributed by atoms with Gasteiger partial charge < -0.3 is 15.4 Å². The van der Waals surface area contributed by atoms with Gasteiger partial charge in [0.2, 0.25) is 5.88 Å². The number of halogens is 1. The maximum absolute atomic E-state index is 5.10. The van der Waals surface area contributed by atoms with Crippen molar-refractivity contribution in [1.82, 2.24) is 15.6 Å². The first kappa shape index (κ1) is 19.3. The first-order valence-corrected chi connectivity index (χ1v) is 7.69. The molecule has 0 bridgehead atoms. The second-order valence-corrected chi connectivity index (χ2v) is 4.81. The van der Waals surface area contributed by atoms with E-state index >= 15 is 0 Å². The van der Waals surface area contributed by atoms with E-state index in [0.717, 1.165) is 30.4 Å². The summed E-state index contributed by atoms with van der Waals surface area (Å²) in [6.07, 6.45) is 3.83. The Bertz CT molecular complexity index is 404. The van der Waals surface area contributed by atoms with E-state index < -0.39 is 0 Å². The lowest BCUT2D eigenvalue weighted by Gasteiger charge is -2.10. The van der Waals surface area contributed by atoms with Gasteiger partial charge in [0.1, 0.15) is 0 Å². The molecule has 1 rings (SSSR count). The summed E-state index contributed by atoms with van der Waals surface area (Å²) in [5, 5.41) is 6.51. The number of hydrogen-bond acceptors (Lipinski definition) is 4. The van der Waals surface area contributed by atoms with Gasteiger partial charge in [-0.15, -0.1) is 24.0 Å². The minimum Gasteiger partial charge on any atom is -0.481 e. The summed E-state index contributed by atoms with van der Waals surface area (Å²) >= 11 is 1.81. The first-order valence-electron chi connectivity index (χ1n) is 6.30. The molecule has 0 atom stereocenters. The third-order valence-electron chi connectivity index (χ3n) is 2.37. The van der Waals surface area contributed by atoms with Gasteiger partial charge in [-0.05, 0) is 24.8 Å². The minimum absolute atomic E-state index is 0. The number of pyridine rings is 1. The van der Waals surface area contributed by atoms with E-state index in [0.29, 0.717) is 12.4 Å². The number of hydrogen-bond donors (Lipinski definition) is 2. The molecule has 0 saturated carbocycles. The molecule has 20 heavy (non-hydrogen) atoms. The Morgan fingerprint density at radius 2 is 2.25 bits per heavy atom. The van der Waals surface area contributed by atoms with Crippen LogP contribution in [0.4, 0.5) is 0 Å². The zero-order chi connectivity index (χ0) is 13.9. The highest BCUT2D eigenvalue weighted by molar-refractivity contribution is 14.0. The summed E-state index contributed by atoms with van der Waals surface area (Å²) in [5.74, 6) is 2.52. The predicted molar refractivity (Wildman–Crippen MR) is 97.4 cm³/mol. The molecule has 0 radical (unpaired) electrons. The van der Waals surface area contributed by atoms with E-state index in [-0.39, 0.29) is 24.0 Å². The van der Waals surface area contributed by atoms with E-state index in [1.165, 1.54) is 0 Å². The molecule has 0 amide bonds. The van der Waals surface area contributed by atoms with Crippen molar-refractivity contribution in [3.8, 4) is 5.88 Å². The number of nitrogens with one attached hydrogen (secondary N) is 2. The Kier molecular flexibility index (Phi) is 11.6. The quantitative estimate of drug-likeness (QED) is 0.312. The van der Waals surface area contributed by atoms with E-state index in [1.54, 1.807) is 13.3 Å². The molecule has 2 N–H and O–H groups in total. The Morgan fingerprint density at radius 3 is 2.90 bits per heavy atom. The number of rotatable bonds is 7. The second kappa shape index (κ2) is 12.1. The Balaban J connectivity index is 0.00000361. The highest BCUT2D eigenvalue weighted by atomic mass is 127. The van der Waals surface area contributed by atoms with Gasteiger partial charge in [0, 0.05) is 31.1 Å². The fourth-order valence-electron chi connectivity index (χ4n) is 1.44. The molecule has 114 valence electrons. The first-order chi connectivity index (χ1) is 9.30. The molecular formula is C13H23IN4OS. The maximum atomic E-state index is 5.10. The van der Waals surface area contributed by atoms with Crippen molar-refractivity contribution in [3.05, 3.63) is 23.9 Å². The van der Waals surface area contributed by atoms with Crippen molar-refractivity contribution in [2.75, 3.05) is 32.2 Å². The van der Waals surface area contributed by atoms with Gasteiger partial charge in [-0.3, -0.25) is 0 Å². The second-order valence-electron chi connectivity index (χ2n) is 3.82. The number of methoxy groups -OCH3 is 1. The van der Waals surface area contributed by atoms with Gasteiger partial charge in [0.15, 0.2) is 5.96 Å². The average Bonchev–Trinajstić information content (AvgIpc) is 2.45. The van der Waals surface area contributed by atoms with E-state index in [9.17, 15) is 0 Å². The Morgan fingerprint density at radius 1 is 1.45 bits per heavy atom. The van der Waals surface area contributed by atoms with Crippen molar-refractivity contribution in [3.63, 3.8) is 0 Å². The summed E-state index contributed by atoms with van der Waals surface area (Å²) in [6, 6.07) is 3.84. The topological polar surface area (TPSA) is 58.5 Å². The van der Waals surface area contributed by atoms with Crippen LogP contribution in [0.15, 0.2) is 23.3 Å². The molecule has 1 aromatic heterocycles. The largest absolute Gasteiger partial charge is 0.481 e. The number of ether oxygens (including phenoxy) is 1. The van der Waals surface area contributed by atoms with Gasteiger partial charge in [-0.25, -0.2) is 9.98 Å². The minimum atomic E-state index is 0. The maximum Gasteiger partial charge on any atom is 0.213 e. The van der Waals surface area contributed by atoms with Gasteiger partial charge in [-0.2, -0.15) is 11.8 Å². The summed E-state index contributed by atoms with van der Waals surface area (Å²) in [6.45, 7) is 4.42. The van der Waals surface area contributed by atoms with Crippen LogP contribution in [-0.4, -0.2) is 43.2 Å². The number of thioether (sulfide) groups is 1. The van der Waals surface area contributed by atoms with Crippen LogP contribution in [-0.2, 0) is 6.54 Å². The lowest BCUT2D eigenvalue weighted by Crippen LogP contribution is -2.38. The van der Waals surface area contributed by atoms with Crippen molar-refractivity contribution in [2.45, 2.75) is 13.5 Å². The number of nitrogens with zero attached hydrogens (tertiary/aromatic N) is 2. The molecule has 0 aliphatic rings. The van der Waals surface area contributed by atoms with E-state index in [2.05, 4.69) is 33.8 Å². The molecule has 0 aliphatic carbocycles. The van der Waals surface area contributed by atoms with E-state index in [1.807, 2.05) is 23.9 Å². The monoisotopic (exact) mass is 410 g/mol.